The Morgan fingerprint density at radius 3 is 0.370 bits per heavy atom. The number of carboxylic acids is 5. The van der Waals surface area contributed by atoms with Crippen molar-refractivity contribution in [1.29, 1.82) is 0 Å². The Kier molecular flexibility index (Phi) is 199. The predicted molar refractivity (Wildman–Crippen MR) is 74.3 cm³/mol. The van der Waals surface area contributed by atoms with Crippen LogP contribution in [0.3, 0.4) is 0 Å². The van der Waals surface area contributed by atoms with E-state index in [-0.39, 0.29) is 217 Å². The molecule has 0 aliphatic rings. The number of rotatable bonds is 0. The van der Waals surface area contributed by atoms with E-state index in [1.54, 1.807) is 0 Å². The van der Waals surface area contributed by atoms with Crippen molar-refractivity contribution in [2.45, 2.75) is 34.6 Å². The van der Waals surface area contributed by atoms with Gasteiger partial charge in [-0.2, -0.15) is 0 Å². The Labute approximate surface area is 324 Å². The molecule has 10 nitrogen and oxygen atoms in total. The molecule has 5 N–H and O–H groups in total. The fraction of sp³-hybridized carbons (Fsp3) is 0.500. The van der Waals surface area contributed by atoms with Crippen LogP contribution in [-0.2, 0) is 24.0 Å². The van der Waals surface area contributed by atoms with Crippen molar-refractivity contribution in [3.63, 3.8) is 0 Å². The fourth-order valence-electron chi connectivity index (χ4n) is 0. The molecule has 134 valence electrons. The van der Waals surface area contributed by atoms with E-state index in [4.69, 9.17) is 49.5 Å². The zero-order chi connectivity index (χ0) is 17.9. The molecule has 0 aliphatic heterocycles. The molecule has 0 aliphatic carbocycles. The van der Waals surface area contributed by atoms with Crippen LogP contribution in [-0.4, -0.2) is 55.4 Å². The maximum Gasteiger partial charge on any atom is 1.00 e. The number of carboxylic acid groups (broad SMARTS) is 5. The largest absolute Gasteiger partial charge is 1.00 e. The molecule has 17 heteroatoms. The Morgan fingerprint density at radius 2 is 0.370 bits per heavy atom. The monoisotopic (exact) mass is 468 g/mol. The van der Waals surface area contributed by atoms with Gasteiger partial charge in [-0.3, -0.25) is 24.0 Å². The summed E-state index contributed by atoms with van der Waals surface area (Å²) < 4.78 is 0. The van der Waals surface area contributed by atoms with Crippen molar-refractivity contribution < 1.29 is 266 Å². The van der Waals surface area contributed by atoms with E-state index in [1.807, 2.05) is 0 Å². The molecule has 0 fully saturated rings. The molecule has 0 aromatic carbocycles. The maximum absolute atomic E-state index is 9.00. The van der Waals surface area contributed by atoms with Gasteiger partial charge in [0.15, 0.2) is 0 Å². The van der Waals surface area contributed by atoms with E-state index in [9.17, 15) is 0 Å². The van der Waals surface area contributed by atoms with Gasteiger partial charge >= 0.3 is 207 Å². The molecular weight excluding hydrogens is 441 g/mol. The number of aliphatic carboxylic acids is 5. The summed E-state index contributed by atoms with van der Waals surface area (Å²) in [6.45, 7) is 5.42. The molecule has 0 radical (unpaired) electrons. The molecule has 0 rings (SSSR count). The van der Waals surface area contributed by atoms with Crippen molar-refractivity contribution >= 4 is 29.8 Å². The van der Waals surface area contributed by atoms with Gasteiger partial charge in [0.1, 0.15) is 0 Å². The second kappa shape index (κ2) is 69.8. The van der Waals surface area contributed by atoms with Crippen molar-refractivity contribution in [3.05, 3.63) is 0 Å². The average Bonchev–Trinajstić information content (AvgIpc) is 1.94. The average molecular weight is 468 g/mol. The van der Waals surface area contributed by atoms with Gasteiger partial charge in [0.2, 0.25) is 0 Å². The summed E-state index contributed by atoms with van der Waals surface area (Å²) in [6.07, 6.45) is 0. The van der Waals surface area contributed by atoms with E-state index >= 15 is 0 Å². The van der Waals surface area contributed by atoms with Gasteiger partial charge in [-0.25, -0.2) is 0 Å². The van der Waals surface area contributed by atoms with Crippen LogP contribution in [0.25, 0.3) is 0 Å². The molecule has 27 heavy (non-hydrogen) atoms. The van der Waals surface area contributed by atoms with Crippen LogP contribution in [0.1, 0.15) is 44.6 Å². The summed E-state index contributed by atoms with van der Waals surface area (Å²) in [7, 11) is 0. The molecule has 0 heterocycles. The second-order valence-electron chi connectivity index (χ2n) is 2.60. The summed E-state index contributed by atoms with van der Waals surface area (Å²) in [5.74, 6) is -4.17. The molecule has 0 unspecified atom stereocenters. The van der Waals surface area contributed by atoms with Crippen molar-refractivity contribution in [1.82, 2.24) is 0 Å². The van der Waals surface area contributed by atoms with Gasteiger partial charge in [0.05, 0.1) is 0 Å². The molecule has 0 aromatic rings. The Balaban J connectivity index is -0.00000000441. The molecule has 0 atom stereocenters. The Bertz CT molecular complexity index is 252. The van der Waals surface area contributed by atoms with Gasteiger partial charge in [0.25, 0.3) is 29.8 Å². The van der Waals surface area contributed by atoms with E-state index in [0.717, 1.165) is 34.6 Å². The molecule has 0 spiro atoms. The third-order valence-corrected chi connectivity index (χ3v) is 0. The first-order valence-electron chi connectivity index (χ1n) is 4.64. The van der Waals surface area contributed by atoms with Crippen LogP contribution in [0, 0.1) is 0 Å². The molecule has 0 aromatic heterocycles. The first kappa shape index (κ1) is 77.1. The molecule has 0 saturated carbocycles. The minimum absolute atomic E-state index is 0. The maximum atomic E-state index is 9.00. The van der Waals surface area contributed by atoms with Crippen LogP contribution in [0.15, 0.2) is 0 Å². The summed E-state index contributed by atoms with van der Waals surface area (Å²) in [5, 5.41) is 37.1. The third kappa shape index (κ3) is 1290. The topological polar surface area (TPSA) is 186 Å². The van der Waals surface area contributed by atoms with Gasteiger partial charge in [-0.1, -0.05) is 0 Å². The molecular formula is C10H27Na7O10. The van der Waals surface area contributed by atoms with Crippen molar-refractivity contribution in [2.24, 2.45) is 0 Å². The minimum atomic E-state index is -0.833. The number of hydrogen-bond acceptors (Lipinski definition) is 5. The molecule has 0 bridgehead atoms. The first-order valence-corrected chi connectivity index (χ1v) is 4.64. The first-order chi connectivity index (χ1) is 8.66. The smallest absolute Gasteiger partial charge is 1.00 e. The summed E-state index contributed by atoms with van der Waals surface area (Å²) >= 11 is 0. The molecule has 0 saturated heterocycles. The van der Waals surface area contributed by atoms with E-state index < -0.39 is 29.8 Å². The third-order valence-electron chi connectivity index (χ3n) is 0. The normalized spacial score (nSPS) is 4.63. The van der Waals surface area contributed by atoms with Crippen LogP contribution in [0.5, 0.6) is 0 Å². The number of hydrogen-bond donors (Lipinski definition) is 5. The fourth-order valence-corrected chi connectivity index (χ4v) is 0. The van der Waals surface area contributed by atoms with Gasteiger partial charge < -0.3 is 35.5 Å². The van der Waals surface area contributed by atoms with Crippen molar-refractivity contribution in [2.75, 3.05) is 0 Å². The summed E-state index contributed by atoms with van der Waals surface area (Å²) in [6, 6.07) is 0. The van der Waals surface area contributed by atoms with E-state index in [2.05, 4.69) is 0 Å². The summed E-state index contributed by atoms with van der Waals surface area (Å²) in [5.41, 5.74) is 0. The van der Waals surface area contributed by atoms with Gasteiger partial charge in [-0.05, 0) is 0 Å². The Morgan fingerprint density at radius 1 is 0.370 bits per heavy atom. The van der Waals surface area contributed by atoms with Crippen LogP contribution in [0.4, 0.5) is 0 Å². The molecule has 0 amide bonds. The zero-order valence-electron chi connectivity index (χ0n) is 25.8. The SMILES string of the molecule is CC(=O)O.CC(=O)O.CC(=O)O.CC(=O)O.CC(=O)O.[H-].[H-].[H-].[H-].[H-].[H-].[H-].[Na+].[Na+].[Na+].[Na+].[Na+].[Na+].[Na+]. The van der Waals surface area contributed by atoms with Gasteiger partial charge in [-0.15, -0.1) is 0 Å². The van der Waals surface area contributed by atoms with Crippen LogP contribution < -0.4 is 207 Å². The van der Waals surface area contributed by atoms with Crippen LogP contribution >= 0.6 is 0 Å². The quantitative estimate of drug-likeness (QED) is 0.214. The Hall–Kier alpha value is 4.35. The van der Waals surface area contributed by atoms with E-state index in [1.165, 1.54) is 0 Å². The second-order valence-corrected chi connectivity index (χ2v) is 2.60. The van der Waals surface area contributed by atoms with Crippen LogP contribution in [0.2, 0.25) is 0 Å². The zero-order valence-corrected chi connectivity index (χ0v) is 32.8. The van der Waals surface area contributed by atoms with Crippen molar-refractivity contribution in [3.8, 4) is 0 Å². The standard InChI is InChI=1S/5C2H4O2.7Na.7H/c5*1-2(3)4;;;;;;;;;;;;;;/h5*1H3,(H,3,4);;;;;;;;;;;;;;/q;;;;;7*+1;7*-1. The van der Waals surface area contributed by atoms with Gasteiger partial charge in [0, 0.05) is 34.6 Å². The predicted octanol–water partition coefficient (Wildman–Crippen LogP) is -19.7. The minimum Gasteiger partial charge on any atom is -1.00 e. The van der Waals surface area contributed by atoms with E-state index in [0.29, 0.717) is 0 Å². The summed E-state index contributed by atoms with van der Waals surface area (Å²) in [4.78, 5) is 45.0. The number of carbonyl (C=O) groups is 5.